The van der Waals surface area contributed by atoms with Crippen molar-refractivity contribution in [3.8, 4) is 5.69 Å². The number of aryl methyl sites for hydroxylation is 2. The van der Waals surface area contributed by atoms with Crippen molar-refractivity contribution < 1.29 is 14.0 Å². The number of imidazole rings is 1. The first kappa shape index (κ1) is 22.7. The Bertz CT molecular complexity index is 1620. The van der Waals surface area contributed by atoms with E-state index in [9.17, 15) is 14.0 Å². The first-order valence-corrected chi connectivity index (χ1v) is 12.1. The second-order valence-corrected chi connectivity index (χ2v) is 8.99. The molecule has 1 N–H and O–H groups in total. The normalized spacial score (nSPS) is 13.4. The summed E-state index contributed by atoms with van der Waals surface area (Å²) in [5, 5.41) is 4.80. The van der Waals surface area contributed by atoms with Crippen LogP contribution in [0.4, 0.5) is 21.5 Å². The number of nitrogens with one attached hydrogen (secondary N) is 1. The minimum absolute atomic E-state index is 0.236. The molecule has 0 saturated carbocycles. The Kier molecular flexibility index (Phi) is 5.73. The van der Waals surface area contributed by atoms with Crippen molar-refractivity contribution in [2.45, 2.75) is 19.3 Å². The average molecular weight is 491 g/mol. The van der Waals surface area contributed by atoms with Crippen LogP contribution < -0.4 is 10.2 Å². The molecule has 1 aromatic heterocycles. The van der Waals surface area contributed by atoms with E-state index in [-0.39, 0.29) is 24.1 Å². The molecule has 0 fully saturated rings. The highest BCUT2D eigenvalue weighted by Crippen LogP contribution is 2.40. The Hall–Kier alpha value is -4.78. The first-order chi connectivity index (χ1) is 18.1. The van der Waals surface area contributed by atoms with Crippen LogP contribution in [0.25, 0.3) is 16.5 Å². The molecule has 0 bridgehead atoms. The van der Waals surface area contributed by atoms with Crippen molar-refractivity contribution in [3.05, 3.63) is 115 Å². The third-order valence-electron chi connectivity index (χ3n) is 6.63. The van der Waals surface area contributed by atoms with Crippen LogP contribution in [0, 0.1) is 5.82 Å². The van der Waals surface area contributed by atoms with Crippen LogP contribution in [0.1, 0.15) is 17.8 Å². The van der Waals surface area contributed by atoms with E-state index >= 15 is 0 Å². The molecule has 1 aliphatic heterocycles. The van der Waals surface area contributed by atoms with Gasteiger partial charge in [-0.25, -0.2) is 9.37 Å². The lowest BCUT2D eigenvalue weighted by Gasteiger charge is -2.23. The van der Waals surface area contributed by atoms with Crippen LogP contribution in [0.15, 0.2) is 97.3 Å². The third-order valence-corrected chi connectivity index (χ3v) is 6.63. The van der Waals surface area contributed by atoms with Crippen molar-refractivity contribution in [2.75, 3.05) is 10.2 Å². The number of halogens is 1. The van der Waals surface area contributed by atoms with E-state index in [0.717, 1.165) is 34.3 Å². The van der Waals surface area contributed by atoms with Crippen LogP contribution in [0.5, 0.6) is 0 Å². The van der Waals surface area contributed by atoms with Gasteiger partial charge in [-0.3, -0.25) is 14.5 Å². The molecule has 5 aromatic rings. The summed E-state index contributed by atoms with van der Waals surface area (Å²) in [4.78, 5) is 31.8. The minimum Gasteiger partial charge on any atom is -0.323 e. The Morgan fingerprint density at radius 3 is 2.41 bits per heavy atom. The van der Waals surface area contributed by atoms with Crippen LogP contribution in [0.2, 0.25) is 0 Å². The number of rotatable bonds is 5. The zero-order valence-electron chi connectivity index (χ0n) is 19.9. The van der Waals surface area contributed by atoms with Gasteiger partial charge in [0.15, 0.2) is 0 Å². The van der Waals surface area contributed by atoms with E-state index in [1.165, 1.54) is 12.1 Å². The molecule has 0 aliphatic carbocycles. The second kappa shape index (κ2) is 9.35. The van der Waals surface area contributed by atoms with E-state index in [1.54, 1.807) is 23.2 Å². The van der Waals surface area contributed by atoms with Gasteiger partial charge < -0.3 is 9.88 Å². The number of carbonyl (C=O) groups is 2. The smallest absolute Gasteiger partial charge is 0.241 e. The predicted molar refractivity (Wildman–Crippen MR) is 142 cm³/mol. The molecule has 6 nitrogen and oxygen atoms in total. The number of fused-ring (bicyclic) bond motifs is 3. The number of hydrogen-bond acceptors (Lipinski definition) is 3. The van der Waals surface area contributed by atoms with Crippen LogP contribution in [-0.2, 0) is 22.4 Å². The van der Waals surface area contributed by atoms with Gasteiger partial charge in [-0.15, -0.1) is 0 Å². The van der Waals surface area contributed by atoms with E-state index in [2.05, 4.69) is 10.3 Å². The number of carbonyl (C=O) groups excluding carboxylic acids is 2. The zero-order valence-corrected chi connectivity index (χ0v) is 19.9. The van der Waals surface area contributed by atoms with Gasteiger partial charge in [0.25, 0.3) is 0 Å². The van der Waals surface area contributed by atoms with Crippen molar-refractivity contribution in [1.29, 1.82) is 0 Å². The van der Waals surface area contributed by atoms with E-state index in [1.807, 2.05) is 71.4 Å². The van der Waals surface area contributed by atoms with Gasteiger partial charge in [0.05, 0.1) is 11.4 Å². The van der Waals surface area contributed by atoms with Gasteiger partial charge in [-0.2, -0.15) is 0 Å². The summed E-state index contributed by atoms with van der Waals surface area (Å²) < 4.78 is 15.2. The fraction of sp³-hybridized carbons (Fsp3) is 0.100. The zero-order chi connectivity index (χ0) is 25.4. The lowest BCUT2D eigenvalue weighted by Crippen LogP contribution is -2.26. The molecule has 2 heterocycles. The molecule has 0 spiro atoms. The maximum Gasteiger partial charge on any atom is 0.241 e. The first-order valence-electron chi connectivity index (χ1n) is 12.1. The maximum absolute atomic E-state index is 13.2. The number of anilines is 3. The number of aromatic nitrogens is 2. The number of benzene rings is 4. The molecule has 2 amide bonds. The molecule has 0 radical (unpaired) electrons. The molecule has 0 atom stereocenters. The van der Waals surface area contributed by atoms with Crippen molar-refractivity contribution in [3.63, 3.8) is 0 Å². The van der Waals surface area contributed by atoms with E-state index < -0.39 is 0 Å². The van der Waals surface area contributed by atoms with Gasteiger partial charge in [-0.1, -0.05) is 42.5 Å². The van der Waals surface area contributed by atoms with Crippen LogP contribution in [-0.4, -0.2) is 21.4 Å². The molecule has 6 rings (SSSR count). The Labute approximate surface area is 213 Å². The lowest BCUT2D eigenvalue weighted by molar-refractivity contribution is -0.124. The van der Waals surface area contributed by atoms with Crippen molar-refractivity contribution in [2.24, 2.45) is 0 Å². The highest BCUT2D eigenvalue weighted by Gasteiger charge is 2.28. The number of hydrogen-bond donors (Lipinski definition) is 1. The number of nitrogens with zero attached hydrogens (tertiary/aromatic N) is 3. The molecular weight excluding hydrogens is 467 g/mol. The highest BCUT2D eigenvalue weighted by molar-refractivity contribution is 6.21. The van der Waals surface area contributed by atoms with Gasteiger partial charge in [-0.05, 0) is 59.8 Å². The Balaban J connectivity index is 1.31. The number of amides is 2. The van der Waals surface area contributed by atoms with Gasteiger partial charge >= 0.3 is 0 Å². The van der Waals surface area contributed by atoms with Crippen LogP contribution in [0.3, 0.4) is 0 Å². The SMILES string of the molecule is O=C1CC(=O)N(c2ccc(-n3ccnc3CCc3ccc(F)cc3)cc2)c2ccc3ccccc3c2N1. The standard InChI is InChI=1S/C30H23FN4O2/c31-22-9-5-20(6-10-22)7-16-27-32-17-18-34(27)23-11-13-24(14-12-23)35-26-15-8-21-3-1-2-4-25(21)30(26)33-28(36)19-29(35)37/h1-6,8-15,17-18H,7,16,19H2,(H,33,36). The Morgan fingerprint density at radius 1 is 0.838 bits per heavy atom. The molecule has 1 aliphatic rings. The van der Waals surface area contributed by atoms with Gasteiger partial charge in [0, 0.05) is 35.6 Å². The fourth-order valence-electron chi connectivity index (χ4n) is 4.82. The maximum atomic E-state index is 13.2. The second-order valence-electron chi connectivity index (χ2n) is 8.99. The monoisotopic (exact) mass is 490 g/mol. The average Bonchev–Trinajstić information content (AvgIpc) is 3.33. The van der Waals surface area contributed by atoms with E-state index in [0.29, 0.717) is 23.5 Å². The Morgan fingerprint density at radius 2 is 1.59 bits per heavy atom. The summed E-state index contributed by atoms with van der Waals surface area (Å²) in [5.74, 6) is 0.0200. The molecule has 0 unspecified atom stereocenters. The minimum atomic E-state index is -0.328. The predicted octanol–water partition coefficient (Wildman–Crippen LogP) is 5.96. The summed E-state index contributed by atoms with van der Waals surface area (Å²) >= 11 is 0. The van der Waals surface area contributed by atoms with E-state index in [4.69, 9.17) is 0 Å². The lowest BCUT2D eigenvalue weighted by atomic mass is 10.1. The van der Waals surface area contributed by atoms with Crippen molar-refractivity contribution >= 4 is 39.6 Å². The molecule has 182 valence electrons. The van der Waals surface area contributed by atoms with Gasteiger partial charge in [0.2, 0.25) is 11.8 Å². The fourth-order valence-corrected chi connectivity index (χ4v) is 4.82. The molecule has 37 heavy (non-hydrogen) atoms. The third kappa shape index (κ3) is 4.36. The molecular formula is C30H23FN4O2. The summed E-state index contributed by atoms with van der Waals surface area (Å²) in [5.41, 5.74) is 3.90. The summed E-state index contributed by atoms with van der Waals surface area (Å²) in [6.07, 6.45) is 4.85. The quantitative estimate of drug-likeness (QED) is 0.309. The largest absolute Gasteiger partial charge is 0.323 e. The topological polar surface area (TPSA) is 67.2 Å². The molecule has 7 heteroatoms. The van der Waals surface area contributed by atoms with Gasteiger partial charge in [0.1, 0.15) is 18.1 Å². The highest BCUT2D eigenvalue weighted by atomic mass is 19.1. The summed E-state index contributed by atoms with van der Waals surface area (Å²) in [7, 11) is 0. The summed E-state index contributed by atoms with van der Waals surface area (Å²) in [6, 6.07) is 25.8. The molecule has 0 saturated heterocycles. The van der Waals surface area contributed by atoms with Crippen LogP contribution >= 0.6 is 0 Å². The van der Waals surface area contributed by atoms with Crippen molar-refractivity contribution in [1.82, 2.24) is 9.55 Å². The summed E-state index contributed by atoms with van der Waals surface area (Å²) in [6.45, 7) is 0. The molecule has 4 aromatic carbocycles.